The number of ketones is 1. The maximum absolute atomic E-state index is 11.6. The summed E-state index contributed by atoms with van der Waals surface area (Å²) in [6.45, 7) is 8.07. The summed E-state index contributed by atoms with van der Waals surface area (Å²) in [5.41, 5.74) is 0.866. The highest BCUT2D eigenvalue weighted by Gasteiger charge is 2.20. The molecule has 10 nitrogen and oxygen atoms in total. The van der Waals surface area contributed by atoms with Crippen LogP contribution in [-0.4, -0.2) is 68.6 Å². The average Bonchev–Trinajstić information content (AvgIpc) is 2.97. The summed E-state index contributed by atoms with van der Waals surface area (Å²) in [6.07, 6.45) is 0. The monoisotopic (exact) mass is 333 g/mol. The van der Waals surface area contributed by atoms with Crippen molar-refractivity contribution in [2.45, 2.75) is 20.8 Å². The minimum absolute atomic E-state index is 0.161. The number of ether oxygens (including phenoxy) is 2. The molecule has 1 fully saturated rings. The third-order valence-corrected chi connectivity index (χ3v) is 3.58. The Balaban J connectivity index is 2.03. The molecule has 0 amide bonds. The number of carbonyl (C=O) groups is 1. The molecule has 10 heteroatoms. The fourth-order valence-corrected chi connectivity index (χ4v) is 2.37. The van der Waals surface area contributed by atoms with Crippen LogP contribution in [0.25, 0.3) is 5.95 Å². The zero-order valence-corrected chi connectivity index (χ0v) is 13.9. The minimum atomic E-state index is -0.161. The number of hydrogen-bond donors (Lipinski definition) is 0. The van der Waals surface area contributed by atoms with Crippen molar-refractivity contribution in [3.8, 4) is 12.0 Å². The number of nitrogens with zero attached hydrogens (tertiary/aromatic N) is 7. The first-order chi connectivity index (χ1) is 11.6. The largest absolute Gasteiger partial charge is 0.464 e. The summed E-state index contributed by atoms with van der Waals surface area (Å²) >= 11 is 0. The zero-order chi connectivity index (χ0) is 17.1. The van der Waals surface area contributed by atoms with Gasteiger partial charge in [-0.15, -0.1) is 5.10 Å². The van der Waals surface area contributed by atoms with Gasteiger partial charge in [0, 0.05) is 20.0 Å². The molecule has 0 N–H and O–H groups in total. The number of rotatable bonds is 5. The van der Waals surface area contributed by atoms with Gasteiger partial charge in [-0.1, -0.05) is 5.21 Å². The molecule has 24 heavy (non-hydrogen) atoms. The van der Waals surface area contributed by atoms with Gasteiger partial charge in [0.25, 0.3) is 5.95 Å². The lowest BCUT2D eigenvalue weighted by atomic mass is 10.2. The van der Waals surface area contributed by atoms with Crippen LogP contribution in [0.4, 0.5) is 5.95 Å². The van der Waals surface area contributed by atoms with Gasteiger partial charge < -0.3 is 14.4 Å². The van der Waals surface area contributed by atoms with Crippen LogP contribution in [0.1, 0.15) is 30.0 Å². The van der Waals surface area contributed by atoms with Crippen molar-refractivity contribution in [3.05, 3.63) is 11.4 Å². The van der Waals surface area contributed by atoms with E-state index in [1.165, 1.54) is 11.6 Å². The van der Waals surface area contributed by atoms with Crippen LogP contribution >= 0.6 is 0 Å². The van der Waals surface area contributed by atoms with E-state index in [0.717, 1.165) is 0 Å². The van der Waals surface area contributed by atoms with Gasteiger partial charge in [0.2, 0.25) is 5.95 Å². The quantitative estimate of drug-likeness (QED) is 0.709. The number of Topliss-reactive ketones (excluding diaryl/α,β-unsaturated/α-hetero) is 1. The third kappa shape index (κ3) is 3.18. The minimum Gasteiger partial charge on any atom is -0.464 e. The second-order valence-electron chi connectivity index (χ2n) is 5.24. The highest BCUT2D eigenvalue weighted by Crippen LogP contribution is 2.17. The van der Waals surface area contributed by atoms with Gasteiger partial charge in [0.15, 0.2) is 11.5 Å². The van der Waals surface area contributed by atoms with E-state index in [1.54, 1.807) is 6.92 Å². The summed E-state index contributed by atoms with van der Waals surface area (Å²) in [5.74, 6) is 0.602. The zero-order valence-electron chi connectivity index (χ0n) is 13.9. The molecule has 0 aromatic carbocycles. The van der Waals surface area contributed by atoms with Crippen molar-refractivity contribution in [1.29, 1.82) is 0 Å². The van der Waals surface area contributed by atoms with E-state index in [-0.39, 0.29) is 17.7 Å². The van der Waals surface area contributed by atoms with Gasteiger partial charge in [-0.3, -0.25) is 4.79 Å². The summed E-state index contributed by atoms with van der Waals surface area (Å²) in [6, 6.07) is 0.211. The first kappa shape index (κ1) is 16.2. The molecule has 1 saturated heterocycles. The Morgan fingerprint density at radius 3 is 2.54 bits per heavy atom. The summed E-state index contributed by atoms with van der Waals surface area (Å²) < 4.78 is 12.2. The molecule has 0 atom stereocenters. The van der Waals surface area contributed by atoms with Crippen molar-refractivity contribution < 1.29 is 14.3 Å². The number of anilines is 1. The molecule has 0 spiro atoms. The predicted molar refractivity (Wildman–Crippen MR) is 83.7 cm³/mol. The van der Waals surface area contributed by atoms with E-state index in [2.05, 4.69) is 25.3 Å². The molecule has 3 heterocycles. The molecule has 0 aliphatic carbocycles. The Morgan fingerprint density at radius 2 is 1.92 bits per heavy atom. The van der Waals surface area contributed by atoms with Crippen molar-refractivity contribution in [2.24, 2.45) is 0 Å². The fraction of sp³-hybridized carbons (Fsp3) is 0.571. The van der Waals surface area contributed by atoms with Gasteiger partial charge in [0.05, 0.1) is 25.5 Å². The topological polar surface area (TPSA) is 108 Å². The highest BCUT2D eigenvalue weighted by molar-refractivity contribution is 5.93. The van der Waals surface area contributed by atoms with E-state index in [0.29, 0.717) is 50.2 Å². The van der Waals surface area contributed by atoms with E-state index >= 15 is 0 Å². The van der Waals surface area contributed by atoms with Crippen LogP contribution < -0.4 is 9.64 Å². The Kier molecular flexibility index (Phi) is 4.65. The lowest BCUT2D eigenvalue weighted by molar-refractivity contribution is 0.101. The van der Waals surface area contributed by atoms with E-state index in [1.807, 2.05) is 11.8 Å². The molecule has 1 aliphatic rings. The first-order valence-corrected chi connectivity index (χ1v) is 7.75. The van der Waals surface area contributed by atoms with Gasteiger partial charge >= 0.3 is 6.01 Å². The van der Waals surface area contributed by atoms with Crippen LogP contribution in [-0.2, 0) is 4.74 Å². The first-order valence-electron chi connectivity index (χ1n) is 7.75. The molecule has 128 valence electrons. The normalized spacial score (nSPS) is 14.7. The average molecular weight is 333 g/mol. The molecular formula is C14H19N7O3. The fourth-order valence-electron chi connectivity index (χ4n) is 2.37. The molecule has 0 unspecified atom stereocenters. The van der Waals surface area contributed by atoms with Crippen LogP contribution in [0.15, 0.2) is 0 Å². The van der Waals surface area contributed by atoms with Crippen molar-refractivity contribution in [2.75, 3.05) is 37.8 Å². The molecule has 1 aliphatic heterocycles. The lowest BCUT2D eigenvalue weighted by Gasteiger charge is -2.26. The number of aromatic nitrogens is 6. The maximum atomic E-state index is 11.6. The second-order valence-corrected chi connectivity index (χ2v) is 5.24. The lowest BCUT2D eigenvalue weighted by Crippen LogP contribution is -2.37. The van der Waals surface area contributed by atoms with E-state index in [9.17, 15) is 4.79 Å². The molecule has 0 bridgehead atoms. The number of hydrogen-bond acceptors (Lipinski definition) is 9. The number of morpholine rings is 1. The Bertz CT molecular complexity index is 740. The molecular weight excluding hydrogens is 314 g/mol. The molecule has 0 radical (unpaired) electrons. The smallest absolute Gasteiger partial charge is 0.323 e. The van der Waals surface area contributed by atoms with Gasteiger partial charge in [-0.25, -0.2) is 0 Å². The Morgan fingerprint density at radius 1 is 1.21 bits per heavy atom. The van der Waals surface area contributed by atoms with Gasteiger partial charge in [-0.2, -0.15) is 19.6 Å². The van der Waals surface area contributed by atoms with Crippen molar-refractivity contribution in [1.82, 2.24) is 29.9 Å². The van der Waals surface area contributed by atoms with Crippen LogP contribution in [0.5, 0.6) is 6.01 Å². The standard InChI is InChI=1S/C14H19N7O3/c1-4-24-14-16-12(20-5-7-23-8-6-20)15-13(17-14)21-9(2)11(10(3)22)18-19-21/h4-8H2,1-3H3. The van der Waals surface area contributed by atoms with Gasteiger partial charge in [-0.05, 0) is 13.8 Å². The van der Waals surface area contributed by atoms with Crippen LogP contribution in [0.3, 0.4) is 0 Å². The van der Waals surface area contributed by atoms with Crippen LogP contribution in [0, 0.1) is 6.92 Å². The summed E-state index contributed by atoms with van der Waals surface area (Å²) in [5, 5.41) is 7.89. The number of carbonyl (C=O) groups excluding carboxylic acids is 1. The van der Waals surface area contributed by atoms with Crippen LogP contribution in [0.2, 0.25) is 0 Å². The molecule has 3 rings (SSSR count). The SMILES string of the molecule is CCOc1nc(N2CCOCC2)nc(-n2nnc(C(C)=O)c2C)n1. The van der Waals surface area contributed by atoms with Crippen molar-refractivity contribution in [3.63, 3.8) is 0 Å². The maximum Gasteiger partial charge on any atom is 0.323 e. The molecule has 2 aromatic rings. The second kappa shape index (κ2) is 6.87. The third-order valence-electron chi connectivity index (χ3n) is 3.58. The highest BCUT2D eigenvalue weighted by atomic mass is 16.5. The summed E-state index contributed by atoms with van der Waals surface area (Å²) in [4.78, 5) is 26.6. The summed E-state index contributed by atoms with van der Waals surface area (Å²) in [7, 11) is 0. The predicted octanol–water partition coefficient (Wildman–Crippen LogP) is 0.199. The Labute approximate surface area is 138 Å². The molecule has 0 saturated carbocycles. The van der Waals surface area contributed by atoms with Gasteiger partial charge in [0.1, 0.15) is 0 Å². The van der Waals surface area contributed by atoms with E-state index in [4.69, 9.17) is 9.47 Å². The molecule has 2 aromatic heterocycles. The van der Waals surface area contributed by atoms with E-state index < -0.39 is 0 Å². The Hall–Kier alpha value is -2.62. The van der Waals surface area contributed by atoms with Crippen molar-refractivity contribution >= 4 is 11.7 Å².